The maximum atomic E-state index is 11.3. The Labute approximate surface area is 95.5 Å². The van der Waals surface area contributed by atoms with E-state index in [-0.39, 0.29) is 11.3 Å². The maximum Gasteiger partial charge on any atom is 0.343 e. The lowest BCUT2D eigenvalue weighted by atomic mass is 10.1. The number of carbonyl (C=O) groups excluding carboxylic acids is 1. The first-order chi connectivity index (χ1) is 6.61. The highest BCUT2D eigenvalue weighted by Crippen LogP contribution is 2.34. The lowest BCUT2D eigenvalue weighted by molar-refractivity contribution is -0.134. The molecule has 0 unspecified atom stereocenters. The van der Waals surface area contributed by atoms with Crippen molar-refractivity contribution in [3.05, 3.63) is 21.3 Å². The summed E-state index contributed by atoms with van der Waals surface area (Å²) in [6.07, 6.45) is 0.517. The molecule has 0 fully saturated rings. The molecule has 0 amide bonds. The quantitative estimate of drug-likeness (QED) is 0.808. The molecule has 5 heteroatoms. The second kappa shape index (κ2) is 4.96. The Hall–Kier alpha value is -0.320. The Morgan fingerprint density at radius 3 is 2.79 bits per heavy atom. The summed E-state index contributed by atoms with van der Waals surface area (Å²) in [4.78, 5) is 11.3. The first-order valence-corrected chi connectivity index (χ1v) is 5.45. The summed E-state index contributed by atoms with van der Waals surface area (Å²) in [7, 11) is 0. The average molecular weight is 282 g/mol. The molecule has 1 atom stereocenters. The molecule has 0 saturated carbocycles. The second-order valence-electron chi connectivity index (χ2n) is 2.90. The number of halogens is 2. The molecule has 0 bridgehead atoms. The predicted molar refractivity (Wildman–Crippen MR) is 56.9 cm³/mol. The van der Waals surface area contributed by atoms with Crippen LogP contribution in [0.5, 0.6) is 0 Å². The van der Waals surface area contributed by atoms with E-state index < -0.39 is 12.1 Å². The molecule has 1 rings (SSSR count). The molecule has 78 valence electrons. The van der Waals surface area contributed by atoms with Crippen LogP contribution in [0.15, 0.2) is 21.3 Å². The standard InChI is InChI=1S/C9H10BrClO3/c1-2-3-5(12)7-8(10)6(4-11)14-9(7)13/h4-5,12H,2-3H2,1H3/t5-/m1/s1. The number of rotatable bonds is 3. The fourth-order valence-corrected chi connectivity index (χ4v) is 2.10. The van der Waals surface area contributed by atoms with Crippen molar-refractivity contribution in [2.45, 2.75) is 25.9 Å². The topological polar surface area (TPSA) is 46.5 Å². The lowest BCUT2D eigenvalue weighted by Gasteiger charge is -2.07. The second-order valence-corrected chi connectivity index (χ2v) is 3.91. The molecule has 0 aromatic carbocycles. The van der Waals surface area contributed by atoms with Gasteiger partial charge in [-0.25, -0.2) is 4.79 Å². The van der Waals surface area contributed by atoms with Crippen LogP contribution in [-0.4, -0.2) is 17.2 Å². The van der Waals surface area contributed by atoms with Gasteiger partial charge >= 0.3 is 5.97 Å². The molecule has 1 N–H and O–H groups in total. The third kappa shape index (κ3) is 2.19. The Bertz CT molecular complexity index is 309. The Balaban J connectivity index is 2.95. The molecular formula is C9H10BrClO3. The predicted octanol–water partition coefficient (Wildman–Crippen LogP) is 2.43. The van der Waals surface area contributed by atoms with Gasteiger partial charge in [-0.05, 0) is 22.4 Å². The zero-order valence-corrected chi connectivity index (χ0v) is 9.93. The number of ether oxygens (including phenoxy) is 1. The molecule has 14 heavy (non-hydrogen) atoms. The molecule has 3 nitrogen and oxygen atoms in total. The van der Waals surface area contributed by atoms with E-state index in [2.05, 4.69) is 15.9 Å². The number of carbonyl (C=O) groups is 1. The van der Waals surface area contributed by atoms with E-state index in [0.717, 1.165) is 12.0 Å². The summed E-state index contributed by atoms with van der Waals surface area (Å²) in [6.45, 7) is 1.93. The fourth-order valence-electron chi connectivity index (χ4n) is 1.19. The van der Waals surface area contributed by atoms with Gasteiger partial charge in [0.2, 0.25) is 0 Å². The highest BCUT2D eigenvalue weighted by atomic mass is 79.9. The Morgan fingerprint density at radius 1 is 1.71 bits per heavy atom. The zero-order valence-electron chi connectivity index (χ0n) is 7.59. The van der Waals surface area contributed by atoms with E-state index in [0.29, 0.717) is 10.9 Å². The molecule has 1 heterocycles. The summed E-state index contributed by atoms with van der Waals surface area (Å²) >= 11 is 8.59. The molecule has 0 aliphatic carbocycles. The minimum atomic E-state index is -0.795. The highest BCUT2D eigenvalue weighted by molar-refractivity contribution is 9.12. The van der Waals surface area contributed by atoms with Crippen LogP contribution in [0.3, 0.4) is 0 Å². The normalized spacial score (nSPS) is 21.7. The van der Waals surface area contributed by atoms with Crippen LogP contribution < -0.4 is 0 Å². The van der Waals surface area contributed by atoms with E-state index in [4.69, 9.17) is 16.3 Å². The van der Waals surface area contributed by atoms with Crippen molar-refractivity contribution < 1.29 is 14.6 Å². The lowest BCUT2D eigenvalue weighted by Crippen LogP contribution is -2.15. The van der Waals surface area contributed by atoms with Crippen molar-refractivity contribution in [1.29, 1.82) is 0 Å². The van der Waals surface area contributed by atoms with Crippen LogP contribution >= 0.6 is 27.5 Å². The van der Waals surface area contributed by atoms with Crippen molar-refractivity contribution in [3.8, 4) is 0 Å². The molecular weight excluding hydrogens is 271 g/mol. The van der Waals surface area contributed by atoms with Gasteiger partial charge in [0.25, 0.3) is 0 Å². The smallest absolute Gasteiger partial charge is 0.343 e. The van der Waals surface area contributed by atoms with Crippen molar-refractivity contribution in [2.24, 2.45) is 0 Å². The van der Waals surface area contributed by atoms with Crippen LogP contribution in [0.25, 0.3) is 0 Å². The Morgan fingerprint density at radius 2 is 2.36 bits per heavy atom. The zero-order chi connectivity index (χ0) is 10.7. The van der Waals surface area contributed by atoms with Gasteiger partial charge in [0.15, 0.2) is 5.76 Å². The van der Waals surface area contributed by atoms with Crippen molar-refractivity contribution in [2.75, 3.05) is 0 Å². The number of aliphatic hydroxyl groups is 1. The van der Waals surface area contributed by atoms with Gasteiger partial charge in [0, 0.05) is 5.54 Å². The molecule has 1 aliphatic rings. The summed E-state index contributed by atoms with van der Waals surface area (Å²) in [5.41, 5.74) is 1.41. The SMILES string of the molecule is CCC[C@@H](O)C1=C(Br)C(=CCl)OC1=O. The van der Waals surface area contributed by atoms with Crippen molar-refractivity contribution >= 4 is 33.5 Å². The minimum Gasteiger partial charge on any atom is -0.421 e. The summed E-state index contributed by atoms with van der Waals surface area (Å²) in [6, 6.07) is 0. The monoisotopic (exact) mass is 280 g/mol. The van der Waals surface area contributed by atoms with Gasteiger partial charge in [0.05, 0.1) is 16.2 Å². The van der Waals surface area contributed by atoms with Gasteiger partial charge < -0.3 is 9.84 Å². The van der Waals surface area contributed by atoms with Crippen LogP contribution in [0, 0.1) is 0 Å². The number of allylic oxidation sites excluding steroid dienone is 1. The van der Waals surface area contributed by atoms with E-state index in [1.54, 1.807) is 0 Å². The molecule has 0 aromatic rings. The summed E-state index contributed by atoms with van der Waals surface area (Å²) in [5.74, 6) is -0.286. The van der Waals surface area contributed by atoms with Crippen LogP contribution in [0.1, 0.15) is 19.8 Å². The molecule has 0 saturated heterocycles. The van der Waals surface area contributed by atoms with Gasteiger partial charge in [-0.3, -0.25) is 0 Å². The average Bonchev–Trinajstić information content (AvgIpc) is 2.41. The first kappa shape index (κ1) is 11.8. The third-order valence-electron chi connectivity index (χ3n) is 1.87. The highest BCUT2D eigenvalue weighted by Gasteiger charge is 2.32. The molecule has 1 aliphatic heterocycles. The largest absolute Gasteiger partial charge is 0.421 e. The first-order valence-electron chi connectivity index (χ1n) is 4.22. The molecule has 0 aromatic heterocycles. The van der Waals surface area contributed by atoms with Crippen LogP contribution in [0.4, 0.5) is 0 Å². The molecule has 0 spiro atoms. The van der Waals surface area contributed by atoms with E-state index in [9.17, 15) is 9.90 Å². The van der Waals surface area contributed by atoms with Gasteiger partial charge in [-0.15, -0.1) is 0 Å². The van der Waals surface area contributed by atoms with Crippen LogP contribution in [-0.2, 0) is 9.53 Å². The van der Waals surface area contributed by atoms with Crippen molar-refractivity contribution in [1.82, 2.24) is 0 Å². The number of aliphatic hydroxyl groups excluding tert-OH is 1. The summed E-state index contributed by atoms with van der Waals surface area (Å²) < 4.78 is 5.26. The van der Waals surface area contributed by atoms with E-state index in [1.165, 1.54) is 0 Å². The van der Waals surface area contributed by atoms with Gasteiger partial charge in [0.1, 0.15) is 0 Å². The van der Waals surface area contributed by atoms with E-state index in [1.807, 2.05) is 6.92 Å². The maximum absolute atomic E-state index is 11.3. The van der Waals surface area contributed by atoms with E-state index >= 15 is 0 Å². The number of hydrogen-bond acceptors (Lipinski definition) is 3. The van der Waals surface area contributed by atoms with Crippen LogP contribution in [0.2, 0.25) is 0 Å². The van der Waals surface area contributed by atoms with Gasteiger partial charge in [-0.1, -0.05) is 24.9 Å². The van der Waals surface area contributed by atoms with Crippen molar-refractivity contribution in [3.63, 3.8) is 0 Å². The minimum absolute atomic E-state index is 0.249. The molecule has 0 radical (unpaired) electrons. The van der Waals surface area contributed by atoms with Gasteiger partial charge in [-0.2, -0.15) is 0 Å². The fraction of sp³-hybridized carbons (Fsp3) is 0.444. The number of esters is 1. The summed E-state index contributed by atoms with van der Waals surface area (Å²) in [5, 5.41) is 9.64. The third-order valence-corrected chi connectivity index (χ3v) is 2.89. The Kier molecular flexibility index (Phi) is 4.16. The number of cyclic esters (lactones) is 1. The number of hydrogen-bond donors (Lipinski definition) is 1.